The van der Waals surface area contributed by atoms with E-state index in [1.54, 1.807) is 44.1 Å². The van der Waals surface area contributed by atoms with Crippen LogP contribution >= 0.6 is 0 Å². The summed E-state index contributed by atoms with van der Waals surface area (Å²) in [6, 6.07) is 9.46. The Morgan fingerprint density at radius 1 is 0.633 bits per heavy atom. The van der Waals surface area contributed by atoms with E-state index >= 15 is 0 Å². The highest BCUT2D eigenvalue weighted by Crippen LogP contribution is 2.51. The Balaban J connectivity index is 1.18. The van der Waals surface area contributed by atoms with Gasteiger partial charge in [0.1, 0.15) is 0 Å². The maximum atomic E-state index is 2.41. The zero-order valence-corrected chi connectivity index (χ0v) is 20.1. The molecule has 3 fully saturated rings. The molecular formula is C30H48. The molecule has 3 saturated carbocycles. The molecule has 0 saturated heterocycles. The summed E-state index contributed by atoms with van der Waals surface area (Å²) in [4.78, 5) is 0. The van der Waals surface area contributed by atoms with Crippen molar-refractivity contribution in [3.05, 3.63) is 35.4 Å². The minimum Gasteiger partial charge on any atom is -0.0654 e. The Morgan fingerprint density at radius 2 is 1.23 bits per heavy atom. The van der Waals surface area contributed by atoms with Gasteiger partial charge in [0.2, 0.25) is 0 Å². The van der Waals surface area contributed by atoms with E-state index in [-0.39, 0.29) is 0 Å². The third-order valence-electron chi connectivity index (χ3n) is 9.48. The highest BCUT2D eigenvalue weighted by molar-refractivity contribution is 5.25. The van der Waals surface area contributed by atoms with E-state index in [4.69, 9.17) is 0 Å². The lowest BCUT2D eigenvalue weighted by atomic mass is 9.60. The lowest BCUT2D eigenvalue weighted by Crippen LogP contribution is -2.34. The van der Waals surface area contributed by atoms with Crippen LogP contribution in [0.25, 0.3) is 0 Å². The minimum absolute atomic E-state index is 0.844. The fourth-order valence-electron chi connectivity index (χ4n) is 7.48. The highest BCUT2D eigenvalue weighted by Gasteiger charge is 2.38. The van der Waals surface area contributed by atoms with Gasteiger partial charge in [0.15, 0.2) is 0 Å². The molecule has 0 amide bonds. The average Bonchev–Trinajstić information content (AvgIpc) is 2.79. The standard InChI is InChI=1S/C30H48/c1-3-4-5-6-7-8-24-11-15-26(16-12-24)28-18-20-29-21-27(17-19-30(29)22-28)25-13-9-23(2)10-14-25/h9-10,13-14,24,26-30H,3-8,11-12,15-22H2,1-2H3. The highest BCUT2D eigenvalue weighted by atomic mass is 14.4. The van der Waals surface area contributed by atoms with Crippen molar-refractivity contribution in [3.8, 4) is 0 Å². The number of unbranched alkanes of at least 4 members (excludes halogenated alkanes) is 4. The van der Waals surface area contributed by atoms with Crippen molar-refractivity contribution in [1.29, 1.82) is 0 Å². The monoisotopic (exact) mass is 408 g/mol. The average molecular weight is 409 g/mol. The third-order valence-corrected chi connectivity index (χ3v) is 9.48. The molecule has 4 unspecified atom stereocenters. The smallest absolute Gasteiger partial charge is 0.0159 e. The largest absolute Gasteiger partial charge is 0.0654 e. The molecule has 3 aliphatic rings. The Kier molecular flexibility index (Phi) is 8.36. The van der Waals surface area contributed by atoms with Crippen molar-refractivity contribution >= 4 is 0 Å². The maximum Gasteiger partial charge on any atom is -0.0159 e. The van der Waals surface area contributed by atoms with Crippen molar-refractivity contribution in [3.63, 3.8) is 0 Å². The predicted molar refractivity (Wildman–Crippen MR) is 131 cm³/mol. The van der Waals surface area contributed by atoms with Crippen molar-refractivity contribution < 1.29 is 0 Å². The van der Waals surface area contributed by atoms with Crippen LogP contribution in [0.5, 0.6) is 0 Å². The summed E-state index contributed by atoms with van der Waals surface area (Å²) in [6.07, 6.45) is 24.2. The predicted octanol–water partition coefficient (Wildman–Crippen LogP) is 9.46. The lowest BCUT2D eigenvalue weighted by molar-refractivity contribution is 0.0710. The van der Waals surface area contributed by atoms with E-state index < -0.39 is 0 Å². The first-order chi connectivity index (χ1) is 14.7. The van der Waals surface area contributed by atoms with Crippen LogP contribution in [0.15, 0.2) is 24.3 Å². The molecule has 0 radical (unpaired) electrons. The quantitative estimate of drug-likeness (QED) is 0.376. The second-order valence-corrected chi connectivity index (χ2v) is 11.5. The molecule has 1 aromatic carbocycles. The lowest BCUT2D eigenvalue weighted by Gasteiger charge is -2.45. The fourth-order valence-corrected chi connectivity index (χ4v) is 7.48. The zero-order valence-electron chi connectivity index (χ0n) is 20.1. The van der Waals surface area contributed by atoms with E-state index in [9.17, 15) is 0 Å². The zero-order chi connectivity index (χ0) is 20.8. The Morgan fingerprint density at radius 3 is 1.97 bits per heavy atom. The molecule has 0 N–H and O–H groups in total. The SMILES string of the molecule is CCCCCCCC1CCC(C2CCC3CC(c4ccc(C)cc4)CCC3C2)CC1. The van der Waals surface area contributed by atoms with Crippen LogP contribution in [0.1, 0.15) is 127 Å². The van der Waals surface area contributed by atoms with Crippen LogP contribution in [0.2, 0.25) is 0 Å². The molecule has 1 aromatic rings. The summed E-state index contributed by atoms with van der Waals surface area (Å²) in [6.45, 7) is 4.54. The van der Waals surface area contributed by atoms with Gasteiger partial charge >= 0.3 is 0 Å². The fraction of sp³-hybridized carbons (Fsp3) is 0.800. The summed E-state index contributed by atoms with van der Waals surface area (Å²) in [7, 11) is 0. The molecule has 0 spiro atoms. The molecule has 168 valence electrons. The van der Waals surface area contributed by atoms with Crippen LogP contribution < -0.4 is 0 Å². The van der Waals surface area contributed by atoms with Gasteiger partial charge in [0, 0.05) is 0 Å². The van der Waals surface area contributed by atoms with Gasteiger partial charge in [-0.1, -0.05) is 88.1 Å². The van der Waals surface area contributed by atoms with Gasteiger partial charge in [0.25, 0.3) is 0 Å². The molecule has 30 heavy (non-hydrogen) atoms. The van der Waals surface area contributed by atoms with E-state index in [1.807, 2.05) is 0 Å². The first kappa shape index (κ1) is 22.4. The first-order valence-electron chi connectivity index (χ1n) is 13.8. The molecule has 4 rings (SSSR count). The van der Waals surface area contributed by atoms with E-state index in [2.05, 4.69) is 38.1 Å². The topological polar surface area (TPSA) is 0 Å². The molecule has 4 atom stereocenters. The number of benzene rings is 1. The van der Waals surface area contributed by atoms with Crippen molar-refractivity contribution in [1.82, 2.24) is 0 Å². The first-order valence-corrected chi connectivity index (χ1v) is 13.8. The van der Waals surface area contributed by atoms with Crippen LogP contribution in [0.3, 0.4) is 0 Å². The molecule has 0 bridgehead atoms. The number of aryl methyl sites for hydroxylation is 1. The summed E-state index contributed by atoms with van der Waals surface area (Å²) in [5, 5.41) is 0. The molecule has 0 heteroatoms. The second kappa shape index (κ2) is 11.2. The molecule has 0 aliphatic heterocycles. The van der Waals surface area contributed by atoms with Gasteiger partial charge in [0.05, 0.1) is 0 Å². The number of rotatable bonds is 8. The number of hydrogen-bond acceptors (Lipinski definition) is 0. The van der Waals surface area contributed by atoms with Gasteiger partial charge in [-0.2, -0.15) is 0 Å². The van der Waals surface area contributed by atoms with E-state index in [1.165, 1.54) is 69.8 Å². The van der Waals surface area contributed by atoms with E-state index in [0.29, 0.717) is 0 Å². The summed E-state index contributed by atoms with van der Waals surface area (Å²) in [5.41, 5.74) is 3.02. The molecule has 0 nitrogen and oxygen atoms in total. The van der Waals surface area contributed by atoms with Crippen LogP contribution in [0, 0.1) is 36.5 Å². The normalized spacial score (nSPS) is 34.5. The number of hydrogen-bond donors (Lipinski definition) is 0. The maximum absolute atomic E-state index is 2.41. The van der Waals surface area contributed by atoms with Crippen molar-refractivity contribution in [2.24, 2.45) is 29.6 Å². The summed E-state index contributed by atoms with van der Waals surface area (Å²) >= 11 is 0. The molecule has 0 aromatic heterocycles. The Bertz CT molecular complexity index is 605. The van der Waals surface area contributed by atoms with Gasteiger partial charge in [-0.05, 0) is 99.4 Å². The Hall–Kier alpha value is -0.780. The second-order valence-electron chi connectivity index (χ2n) is 11.5. The Labute approximate surface area is 187 Å². The van der Waals surface area contributed by atoms with Crippen LogP contribution in [0.4, 0.5) is 0 Å². The van der Waals surface area contributed by atoms with Gasteiger partial charge in [-0.3, -0.25) is 0 Å². The minimum atomic E-state index is 0.844. The van der Waals surface area contributed by atoms with Crippen LogP contribution in [-0.2, 0) is 0 Å². The summed E-state index contributed by atoms with van der Waals surface area (Å²) < 4.78 is 0. The van der Waals surface area contributed by atoms with Gasteiger partial charge < -0.3 is 0 Å². The van der Waals surface area contributed by atoms with Crippen LogP contribution in [-0.4, -0.2) is 0 Å². The van der Waals surface area contributed by atoms with E-state index in [0.717, 1.165) is 35.5 Å². The van der Waals surface area contributed by atoms with Crippen molar-refractivity contribution in [2.45, 2.75) is 122 Å². The van der Waals surface area contributed by atoms with Gasteiger partial charge in [-0.15, -0.1) is 0 Å². The van der Waals surface area contributed by atoms with Crippen molar-refractivity contribution in [2.75, 3.05) is 0 Å². The molecule has 0 heterocycles. The third kappa shape index (κ3) is 5.92. The molecular weight excluding hydrogens is 360 g/mol. The molecule has 3 aliphatic carbocycles. The number of fused-ring (bicyclic) bond motifs is 1. The van der Waals surface area contributed by atoms with Gasteiger partial charge in [-0.25, -0.2) is 0 Å². The summed E-state index contributed by atoms with van der Waals surface area (Å²) in [5.74, 6) is 6.16.